The van der Waals surface area contributed by atoms with Gasteiger partial charge >= 0.3 is 0 Å². The first-order chi connectivity index (χ1) is 9.79. The second-order valence-electron chi connectivity index (χ2n) is 4.49. The van der Waals surface area contributed by atoms with Gasteiger partial charge in [-0.25, -0.2) is 13.1 Å². The Balaban J connectivity index is 2.10. The van der Waals surface area contributed by atoms with Crippen molar-refractivity contribution in [2.75, 3.05) is 12.3 Å². The number of rotatable bonds is 5. The summed E-state index contributed by atoms with van der Waals surface area (Å²) in [6.45, 7) is 2.02. The van der Waals surface area contributed by atoms with E-state index < -0.39 is 10.0 Å². The Bertz CT molecular complexity index is 760. The van der Waals surface area contributed by atoms with Crippen LogP contribution in [-0.4, -0.2) is 15.0 Å². The number of thiophene rings is 1. The molecule has 0 unspecified atom stereocenters. The number of nitrogens with one attached hydrogen (secondary N) is 1. The summed E-state index contributed by atoms with van der Waals surface area (Å²) in [5.41, 5.74) is 6.51. The molecule has 1 heterocycles. The van der Waals surface area contributed by atoms with Crippen molar-refractivity contribution in [2.45, 2.75) is 18.2 Å². The topological polar surface area (TPSA) is 72.2 Å². The number of nitrogens with two attached hydrogens (primary N) is 1. The number of anilines is 1. The van der Waals surface area contributed by atoms with Crippen LogP contribution in [0, 0.1) is 6.92 Å². The van der Waals surface area contributed by atoms with Gasteiger partial charge in [-0.05, 0) is 59.1 Å². The third kappa shape index (κ3) is 4.20. The summed E-state index contributed by atoms with van der Waals surface area (Å²) in [7, 11) is -3.59. The quantitative estimate of drug-likeness (QED) is 0.741. The second-order valence-corrected chi connectivity index (χ2v) is 9.18. The van der Waals surface area contributed by atoms with Crippen molar-refractivity contribution in [3.05, 3.63) is 43.5 Å². The van der Waals surface area contributed by atoms with E-state index in [9.17, 15) is 8.42 Å². The average Bonchev–Trinajstić information content (AvgIpc) is 2.79. The standard InChI is InChI=1S/C13H14BrClN2O2S2/c1-8-6-10(15)11(16)7-12(8)21(18,19)17-5-4-9-2-3-13(14)20-9/h2-3,6-7,17H,4-5,16H2,1H3. The number of halogens is 2. The second kappa shape index (κ2) is 6.66. The Kier molecular flexibility index (Phi) is 5.32. The molecule has 114 valence electrons. The molecule has 21 heavy (non-hydrogen) atoms. The summed E-state index contributed by atoms with van der Waals surface area (Å²) in [5, 5.41) is 0.356. The summed E-state index contributed by atoms with van der Waals surface area (Å²) in [4.78, 5) is 1.27. The van der Waals surface area contributed by atoms with E-state index in [-0.39, 0.29) is 10.6 Å². The van der Waals surface area contributed by atoms with Crippen molar-refractivity contribution in [2.24, 2.45) is 0 Å². The van der Waals surface area contributed by atoms with Crippen molar-refractivity contribution in [3.63, 3.8) is 0 Å². The van der Waals surface area contributed by atoms with Crippen LogP contribution in [-0.2, 0) is 16.4 Å². The predicted octanol–water partition coefficient (Wildman–Crippen LogP) is 3.58. The van der Waals surface area contributed by atoms with Crippen LogP contribution in [0.15, 0.2) is 32.9 Å². The number of nitrogen functional groups attached to an aromatic ring is 1. The molecule has 1 aromatic carbocycles. The normalized spacial score (nSPS) is 11.8. The fourth-order valence-electron chi connectivity index (χ4n) is 1.83. The van der Waals surface area contributed by atoms with Crippen LogP contribution in [0.2, 0.25) is 5.02 Å². The molecule has 2 rings (SSSR count). The van der Waals surface area contributed by atoms with E-state index in [1.165, 1.54) is 6.07 Å². The van der Waals surface area contributed by atoms with Crippen LogP contribution < -0.4 is 10.5 Å². The maximum absolute atomic E-state index is 12.3. The van der Waals surface area contributed by atoms with Gasteiger partial charge in [0.15, 0.2) is 0 Å². The predicted molar refractivity (Wildman–Crippen MR) is 91.5 cm³/mol. The molecule has 0 radical (unpaired) electrons. The van der Waals surface area contributed by atoms with Crippen molar-refractivity contribution >= 4 is 54.6 Å². The lowest BCUT2D eigenvalue weighted by Crippen LogP contribution is -2.26. The maximum atomic E-state index is 12.3. The molecule has 0 aliphatic rings. The Morgan fingerprint density at radius 2 is 2.10 bits per heavy atom. The molecule has 0 saturated carbocycles. The highest BCUT2D eigenvalue weighted by Gasteiger charge is 2.18. The van der Waals surface area contributed by atoms with Crippen LogP contribution in [0.5, 0.6) is 0 Å². The van der Waals surface area contributed by atoms with Gasteiger partial charge in [-0.3, -0.25) is 0 Å². The zero-order valence-electron chi connectivity index (χ0n) is 11.2. The molecule has 0 atom stereocenters. The number of hydrogen-bond donors (Lipinski definition) is 2. The molecule has 0 saturated heterocycles. The van der Waals surface area contributed by atoms with Crippen LogP contribution >= 0.6 is 38.9 Å². The van der Waals surface area contributed by atoms with Crippen molar-refractivity contribution in [1.29, 1.82) is 0 Å². The summed E-state index contributed by atoms with van der Waals surface area (Å²) in [6.07, 6.45) is 0.637. The SMILES string of the molecule is Cc1cc(Cl)c(N)cc1S(=O)(=O)NCCc1ccc(Br)s1. The molecule has 0 aliphatic carbocycles. The first-order valence-electron chi connectivity index (χ1n) is 6.09. The Labute approximate surface area is 141 Å². The molecule has 4 nitrogen and oxygen atoms in total. The molecule has 0 amide bonds. The molecule has 0 fully saturated rings. The molecule has 0 aliphatic heterocycles. The van der Waals surface area contributed by atoms with Gasteiger partial charge in [0.25, 0.3) is 0 Å². The Morgan fingerprint density at radius 3 is 2.71 bits per heavy atom. The largest absolute Gasteiger partial charge is 0.397 e. The third-order valence-electron chi connectivity index (χ3n) is 2.88. The Morgan fingerprint density at radius 1 is 1.38 bits per heavy atom. The fraction of sp³-hybridized carbons (Fsp3) is 0.231. The van der Waals surface area contributed by atoms with E-state index in [0.717, 1.165) is 8.66 Å². The highest BCUT2D eigenvalue weighted by Crippen LogP contribution is 2.26. The van der Waals surface area contributed by atoms with Crippen molar-refractivity contribution in [3.8, 4) is 0 Å². The van der Waals surface area contributed by atoms with Gasteiger partial charge < -0.3 is 5.73 Å². The lowest BCUT2D eigenvalue weighted by molar-refractivity contribution is 0.581. The minimum Gasteiger partial charge on any atom is -0.397 e. The highest BCUT2D eigenvalue weighted by molar-refractivity contribution is 9.11. The molecular formula is C13H14BrClN2O2S2. The summed E-state index contributed by atoms with van der Waals surface area (Å²) in [6, 6.07) is 6.86. The monoisotopic (exact) mass is 408 g/mol. The molecule has 0 spiro atoms. The third-order valence-corrected chi connectivity index (χ3v) is 6.49. The van der Waals surface area contributed by atoms with Gasteiger partial charge in [0.1, 0.15) is 0 Å². The lowest BCUT2D eigenvalue weighted by Gasteiger charge is -2.10. The maximum Gasteiger partial charge on any atom is 0.240 e. The van der Waals surface area contributed by atoms with Crippen LogP contribution in [0.25, 0.3) is 0 Å². The molecule has 1 aromatic heterocycles. The van der Waals surface area contributed by atoms with Gasteiger partial charge in [-0.15, -0.1) is 11.3 Å². The molecule has 0 bridgehead atoms. The zero-order chi connectivity index (χ0) is 15.6. The van der Waals surface area contributed by atoms with Gasteiger partial charge in [-0.1, -0.05) is 11.6 Å². The first kappa shape index (κ1) is 16.8. The minimum atomic E-state index is -3.59. The van der Waals surface area contributed by atoms with Crippen LogP contribution in [0.3, 0.4) is 0 Å². The summed E-state index contributed by atoms with van der Waals surface area (Å²) < 4.78 is 28.2. The van der Waals surface area contributed by atoms with Gasteiger partial charge in [0, 0.05) is 11.4 Å². The highest BCUT2D eigenvalue weighted by atomic mass is 79.9. The Hall–Kier alpha value is -0.600. The van der Waals surface area contributed by atoms with Crippen LogP contribution in [0.1, 0.15) is 10.4 Å². The molecule has 3 N–H and O–H groups in total. The number of benzene rings is 1. The van der Waals surface area contributed by atoms with E-state index in [2.05, 4.69) is 20.7 Å². The van der Waals surface area contributed by atoms with Crippen molar-refractivity contribution < 1.29 is 8.42 Å². The van der Waals surface area contributed by atoms with E-state index in [4.69, 9.17) is 17.3 Å². The van der Waals surface area contributed by atoms with Crippen molar-refractivity contribution in [1.82, 2.24) is 4.72 Å². The van der Waals surface area contributed by atoms with E-state index in [0.29, 0.717) is 23.6 Å². The zero-order valence-corrected chi connectivity index (χ0v) is 15.2. The smallest absolute Gasteiger partial charge is 0.240 e. The van der Waals surface area contributed by atoms with E-state index in [1.807, 2.05) is 12.1 Å². The first-order valence-corrected chi connectivity index (χ1v) is 9.56. The average molecular weight is 410 g/mol. The van der Waals surface area contributed by atoms with Gasteiger partial charge in [-0.2, -0.15) is 0 Å². The number of hydrogen-bond acceptors (Lipinski definition) is 4. The molecule has 2 aromatic rings. The van der Waals surface area contributed by atoms with Gasteiger partial charge in [0.2, 0.25) is 10.0 Å². The van der Waals surface area contributed by atoms with Gasteiger partial charge in [0.05, 0.1) is 19.4 Å². The number of aryl methyl sites for hydroxylation is 1. The molecule has 8 heteroatoms. The number of sulfonamides is 1. The van der Waals surface area contributed by atoms with Crippen LogP contribution in [0.4, 0.5) is 5.69 Å². The fourth-order valence-corrected chi connectivity index (χ4v) is 4.82. The lowest BCUT2D eigenvalue weighted by atomic mass is 10.2. The minimum absolute atomic E-state index is 0.164. The summed E-state index contributed by atoms with van der Waals surface area (Å²) >= 11 is 10.8. The van der Waals surface area contributed by atoms with E-state index in [1.54, 1.807) is 24.3 Å². The van der Waals surface area contributed by atoms with E-state index >= 15 is 0 Å². The molecular weight excluding hydrogens is 396 g/mol. The summed E-state index contributed by atoms with van der Waals surface area (Å²) in [5.74, 6) is 0.